The summed E-state index contributed by atoms with van der Waals surface area (Å²) in [6, 6.07) is 11.8. The minimum absolute atomic E-state index is 0.0850. The number of carbonyl (C=O) groups is 2. The highest BCUT2D eigenvalue weighted by Crippen LogP contribution is 2.23. The van der Waals surface area contributed by atoms with E-state index in [1.807, 2.05) is 29.2 Å². The summed E-state index contributed by atoms with van der Waals surface area (Å²) >= 11 is 0. The fourth-order valence-corrected chi connectivity index (χ4v) is 3.93. The first-order valence-electron chi connectivity index (χ1n) is 10.9. The molecule has 0 radical (unpaired) electrons. The van der Waals surface area contributed by atoms with Gasteiger partial charge in [-0.25, -0.2) is 5.43 Å². The number of amides is 2. The van der Waals surface area contributed by atoms with Gasteiger partial charge in [0.1, 0.15) is 5.71 Å². The van der Waals surface area contributed by atoms with Gasteiger partial charge in [0.25, 0.3) is 11.8 Å². The Morgan fingerprint density at radius 2 is 1.91 bits per heavy atom. The summed E-state index contributed by atoms with van der Waals surface area (Å²) in [5.74, 6) is 0.740. The van der Waals surface area contributed by atoms with Crippen LogP contribution in [0.3, 0.4) is 0 Å². The van der Waals surface area contributed by atoms with Gasteiger partial charge in [-0.1, -0.05) is 23.4 Å². The number of rotatable bonds is 5. The second-order valence-electron chi connectivity index (χ2n) is 8.03. The van der Waals surface area contributed by atoms with Crippen molar-refractivity contribution in [3.63, 3.8) is 0 Å². The van der Waals surface area contributed by atoms with E-state index in [9.17, 15) is 9.59 Å². The summed E-state index contributed by atoms with van der Waals surface area (Å²) < 4.78 is 5.40. The third kappa shape index (κ3) is 4.80. The van der Waals surface area contributed by atoms with E-state index in [0.29, 0.717) is 43.4 Å². The lowest BCUT2D eigenvalue weighted by Gasteiger charge is -2.35. The Kier molecular flexibility index (Phi) is 5.90. The van der Waals surface area contributed by atoms with Crippen molar-refractivity contribution >= 4 is 17.5 Å². The van der Waals surface area contributed by atoms with Crippen LogP contribution < -0.4 is 5.43 Å². The maximum atomic E-state index is 12.6. The van der Waals surface area contributed by atoms with Crippen molar-refractivity contribution in [1.29, 1.82) is 0 Å². The largest absolute Gasteiger partial charge is 0.335 e. The van der Waals surface area contributed by atoms with Crippen LogP contribution in [0.15, 0.2) is 58.4 Å². The summed E-state index contributed by atoms with van der Waals surface area (Å²) in [4.78, 5) is 36.6. The van der Waals surface area contributed by atoms with Crippen LogP contribution in [0.25, 0.3) is 22.8 Å². The highest BCUT2D eigenvalue weighted by Gasteiger charge is 2.26. The topological polar surface area (TPSA) is 117 Å². The maximum Gasteiger partial charge on any atom is 0.270 e. The summed E-state index contributed by atoms with van der Waals surface area (Å²) in [6.45, 7) is 3.56. The Bertz CT molecular complexity index is 1180. The lowest BCUT2D eigenvalue weighted by atomic mass is 10.1. The van der Waals surface area contributed by atoms with E-state index in [0.717, 1.165) is 36.3 Å². The van der Waals surface area contributed by atoms with Crippen molar-refractivity contribution in [1.82, 2.24) is 30.4 Å². The van der Waals surface area contributed by atoms with Crippen LogP contribution in [0.2, 0.25) is 0 Å². The van der Waals surface area contributed by atoms with E-state index in [2.05, 4.69) is 42.7 Å². The van der Waals surface area contributed by atoms with E-state index in [1.165, 1.54) is 0 Å². The average molecular weight is 445 g/mol. The number of piperazine rings is 1. The van der Waals surface area contributed by atoms with Crippen molar-refractivity contribution in [3.05, 3.63) is 54.4 Å². The first-order valence-corrected chi connectivity index (χ1v) is 10.9. The van der Waals surface area contributed by atoms with Gasteiger partial charge < -0.3 is 9.42 Å². The van der Waals surface area contributed by atoms with Crippen LogP contribution in [0.4, 0.5) is 0 Å². The minimum atomic E-state index is -0.146. The number of carbonyl (C=O) groups excluding carboxylic acids is 2. The number of nitrogens with zero attached hydrogens (tertiary/aromatic N) is 6. The number of hydrogen-bond acceptors (Lipinski definition) is 8. The quantitative estimate of drug-likeness (QED) is 0.635. The first-order chi connectivity index (χ1) is 16.2. The molecule has 0 saturated carbocycles. The molecule has 0 bridgehead atoms. The Balaban J connectivity index is 1.19. The van der Waals surface area contributed by atoms with Crippen molar-refractivity contribution in [3.8, 4) is 22.8 Å². The number of hydrogen-bond donors (Lipinski definition) is 1. The Hall–Kier alpha value is -3.92. The van der Waals surface area contributed by atoms with Crippen molar-refractivity contribution in [2.45, 2.75) is 19.4 Å². The summed E-state index contributed by atoms with van der Waals surface area (Å²) in [5.41, 5.74) is 5.63. The third-order valence-electron chi connectivity index (χ3n) is 5.74. The molecule has 0 atom stereocenters. The monoisotopic (exact) mass is 445 g/mol. The average Bonchev–Trinajstić information content (AvgIpc) is 3.36. The van der Waals surface area contributed by atoms with E-state index >= 15 is 0 Å². The molecule has 2 aliphatic heterocycles. The van der Waals surface area contributed by atoms with Gasteiger partial charge in [-0.15, -0.1) is 0 Å². The Morgan fingerprint density at radius 1 is 1.06 bits per heavy atom. The van der Waals surface area contributed by atoms with Crippen LogP contribution in [-0.2, 0) is 16.1 Å². The SMILES string of the molecule is O=C1CCC(C(=O)N2CCN(Cc3cccc(-c4noc(-c5cccnc5)n4)c3)CC2)=NN1. The Labute approximate surface area is 190 Å². The van der Waals surface area contributed by atoms with Crippen molar-refractivity contribution in [2.75, 3.05) is 26.2 Å². The minimum Gasteiger partial charge on any atom is -0.335 e. The molecule has 2 aromatic heterocycles. The molecule has 33 heavy (non-hydrogen) atoms. The molecule has 168 valence electrons. The van der Waals surface area contributed by atoms with Gasteiger partial charge in [0.05, 0.1) is 5.56 Å². The van der Waals surface area contributed by atoms with Gasteiger partial charge in [0, 0.05) is 63.5 Å². The molecule has 2 aliphatic rings. The van der Waals surface area contributed by atoms with Crippen LogP contribution in [0.5, 0.6) is 0 Å². The molecular weight excluding hydrogens is 422 g/mol. The smallest absolute Gasteiger partial charge is 0.270 e. The molecule has 10 heteroatoms. The molecule has 1 fully saturated rings. The van der Waals surface area contributed by atoms with Crippen LogP contribution >= 0.6 is 0 Å². The van der Waals surface area contributed by atoms with Gasteiger partial charge in [-0.2, -0.15) is 10.1 Å². The normalized spacial score (nSPS) is 16.9. The highest BCUT2D eigenvalue weighted by molar-refractivity contribution is 6.39. The number of hydrazone groups is 1. The predicted molar refractivity (Wildman–Crippen MR) is 120 cm³/mol. The number of nitrogens with one attached hydrogen (secondary N) is 1. The lowest BCUT2D eigenvalue weighted by molar-refractivity contribution is -0.126. The van der Waals surface area contributed by atoms with Gasteiger partial charge in [0.15, 0.2) is 0 Å². The second kappa shape index (κ2) is 9.29. The zero-order chi connectivity index (χ0) is 22.6. The number of aromatic nitrogens is 3. The molecule has 1 saturated heterocycles. The van der Waals surface area contributed by atoms with Gasteiger partial charge in [-0.05, 0) is 23.8 Å². The van der Waals surface area contributed by atoms with Crippen molar-refractivity contribution in [2.24, 2.45) is 5.10 Å². The molecule has 1 aromatic carbocycles. The standard InChI is InChI=1S/C23H23N7O3/c31-20-7-6-19(26-27-20)23(32)30-11-9-29(10-12-30)15-16-3-1-4-17(13-16)21-25-22(33-28-21)18-5-2-8-24-14-18/h1-5,8,13-14H,6-7,9-12,15H2,(H,27,31). The molecule has 4 heterocycles. The molecule has 5 rings (SSSR count). The first kappa shape index (κ1) is 21.0. The Morgan fingerprint density at radius 3 is 2.67 bits per heavy atom. The van der Waals surface area contributed by atoms with E-state index in [-0.39, 0.29) is 11.8 Å². The molecule has 10 nitrogen and oxygen atoms in total. The fourth-order valence-electron chi connectivity index (χ4n) is 3.93. The van der Waals surface area contributed by atoms with E-state index in [4.69, 9.17) is 4.52 Å². The van der Waals surface area contributed by atoms with Crippen LogP contribution in [0.1, 0.15) is 18.4 Å². The van der Waals surface area contributed by atoms with E-state index < -0.39 is 0 Å². The molecule has 0 spiro atoms. The van der Waals surface area contributed by atoms with Gasteiger partial charge >= 0.3 is 0 Å². The summed E-state index contributed by atoms with van der Waals surface area (Å²) in [5, 5.41) is 8.04. The molecule has 2 amide bonds. The fraction of sp³-hybridized carbons (Fsp3) is 0.304. The van der Waals surface area contributed by atoms with Crippen LogP contribution in [0, 0.1) is 0 Å². The molecule has 1 N–H and O–H groups in total. The van der Waals surface area contributed by atoms with Crippen molar-refractivity contribution < 1.29 is 14.1 Å². The number of benzene rings is 1. The van der Waals surface area contributed by atoms with E-state index in [1.54, 1.807) is 12.4 Å². The van der Waals surface area contributed by atoms with Crippen LogP contribution in [-0.4, -0.2) is 68.6 Å². The lowest BCUT2D eigenvalue weighted by Crippen LogP contribution is -2.51. The number of pyridine rings is 1. The van der Waals surface area contributed by atoms with Gasteiger partial charge in [-0.3, -0.25) is 19.5 Å². The summed E-state index contributed by atoms with van der Waals surface area (Å²) in [6.07, 6.45) is 4.10. The zero-order valence-electron chi connectivity index (χ0n) is 18.0. The second-order valence-corrected chi connectivity index (χ2v) is 8.03. The molecule has 3 aromatic rings. The molecule has 0 aliphatic carbocycles. The molecular formula is C23H23N7O3. The summed E-state index contributed by atoms with van der Waals surface area (Å²) in [7, 11) is 0. The highest BCUT2D eigenvalue weighted by atomic mass is 16.5. The third-order valence-corrected chi connectivity index (χ3v) is 5.74. The maximum absolute atomic E-state index is 12.6. The van der Waals surface area contributed by atoms with Gasteiger partial charge in [0.2, 0.25) is 11.7 Å². The zero-order valence-corrected chi connectivity index (χ0v) is 18.0. The predicted octanol–water partition coefficient (Wildman–Crippen LogP) is 1.71. The molecule has 0 unspecified atom stereocenters.